The van der Waals surface area contributed by atoms with E-state index in [4.69, 9.17) is 23.2 Å². The first-order valence-corrected chi connectivity index (χ1v) is 8.39. The Balaban J connectivity index is 1.60. The van der Waals surface area contributed by atoms with Crippen molar-refractivity contribution in [3.63, 3.8) is 0 Å². The van der Waals surface area contributed by atoms with Crippen LogP contribution in [0.25, 0.3) is 0 Å². The van der Waals surface area contributed by atoms with Crippen LogP contribution in [-0.2, 0) is 0 Å². The molecule has 2 fully saturated rings. The average Bonchev–Trinajstić information content (AvgIpc) is 3.04. The first kappa shape index (κ1) is 15.1. The predicted octanol–water partition coefficient (Wildman–Crippen LogP) is 3.69. The zero-order valence-corrected chi connectivity index (χ0v) is 13.5. The van der Waals surface area contributed by atoms with Crippen molar-refractivity contribution in [2.75, 3.05) is 26.2 Å². The fourth-order valence-electron chi connectivity index (χ4n) is 3.37. The molecule has 0 bridgehead atoms. The Morgan fingerprint density at radius 1 is 1.00 bits per heavy atom. The van der Waals surface area contributed by atoms with Gasteiger partial charge in [-0.05, 0) is 31.0 Å². The number of carbonyl (C=O) groups excluding carboxylic acids is 1. The Kier molecular flexibility index (Phi) is 4.72. The lowest BCUT2D eigenvalue weighted by Gasteiger charge is -2.38. The van der Waals surface area contributed by atoms with Crippen LogP contribution in [-0.4, -0.2) is 47.9 Å². The smallest absolute Gasteiger partial charge is 0.253 e. The summed E-state index contributed by atoms with van der Waals surface area (Å²) < 4.78 is 0. The first-order chi connectivity index (χ1) is 10.1. The number of rotatable bonds is 2. The van der Waals surface area contributed by atoms with E-state index in [2.05, 4.69) is 4.90 Å². The maximum absolute atomic E-state index is 12.5. The van der Waals surface area contributed by atoms with Crippen LogP contribution in [0.5, 0.6) is 0 Å². The van der Waals surface area contributed by atoms with Gasteiger partial charge < -0.3 is 4.90 Å². The van der Waals surface area contributed by atoms with Gasteiger partial charge in [0.2, 0.25) is 0 Å². The molecule has 1 saturated heterocycles. The van der Waals surface area contributed by atoms with Crippen molar-refractivity contribution in [2.45, 2.75) is 31.7 Å². The lowest BCUT2D eigenvalue weighted by molar-refractivity contribution is 0.0573. The third kappa shape index (κ3) is 3.36. The van der Waals surface area contributed by atoms with E-state index in [0.717, 1.165) is 32.2 Å². The number of hydrogen-bond donors (Lipinski definition) is 0. The zero-order valence-electron chi connectivity index (χ0n) is 12.0. The summed E-state index contributed by atoms with van der Waals surface area (Å²) in [5, 5.41) is 0.923. The molecular weight excluding hydrogens is 307 g/mol. The summed E-state index contributed by atoms with van der Waals surface area (Å²) >= 11 is 11.9. The van der Waals surface area contributed by atoms with E-state index in [0.29, 0.717) is 15.6 Å². The van der Waals surface area contributed by atoms with Gasteiger partial charge >= 0.3 is 0 Å². The first-order valence-electron chi connectivity index (χ1n) is 7.63. The van der Waals surface area contributed by atoms with Crippen LogP contribution in [0.3, 0.4) is 0 Å². The van der Waals surface area contributed by atoms with E-state index in [9.17, 15) is 4.79 Å². The third-order valence-corrected chi connectivity index (χ3v) is 5.35. The van der Waals surface area contributed by atoms with Crippen molar-refractivity contribution in [2.24, 2.45) is 0 Å². The second-order valence-corrected chi connectivity index (χ2v) is 6.71. The number of piperazine rings is 1. The van der Waals surface area contributed by atoms with Crippen LogP contribution < -0.4 is 0 Å². The number of carbonyl (C=O) groups is 1. The lowest BCUT2D eigenvalue weighted by Crippen LogP contribution is -2.51. The van der Waals surface area contributed by atoms with Crippen LogP contribution in [0.4, 0.5) is 0 Å². The minimum absolute atomic E-state index is 0.0552. The summed E-state index contributed by atoms with van der Waals surface area (Å²) in [7, 11) is 0. The molecule has 1 amide bonds. The Hall–Kier alpha value is -0.770. The molecule has 3 rings (SSSR count). The molecule has 114 valence electrons. The van der Waals surface area contributed by atoms with E-state index >= 15 is 0 Å². The fraction of sp³-hybridized carbons (Fsp3) is 0.562. The summed E-state index contributed by atoms with van der Waals surface area (Å²) in [4.78, 5) is 17.0. The van der Waals surface area contributed by atoms with Crippen LogP contribution in [0.2, 0.25) is 10.0 Å². The van der Waals surface area contributed by atoms with Crippen molar-refractivity contribution < 1.29 is 4.79 Å². The average molecular weight is 327 g/mol. The molecule has 3 nitrogen and oxygen atoms in total. The van der Waals surface area contributed by atoms with E-state index < -0.39 is 0 Å². The van der Waals surface area contributed by atoms with Gasteiger partial charge in [-0.3, -0.25) is 9.69 Å². The van der Waals surface area contributed by atoms with Crippen LogP contribution >= 0.6 is 23.2 Å². The van der Waals surface area contributed by atoms with Gasteiger partial charge in [-0.25, -0.2) is 0 Å². The van der Waals surface area contributed by atoms with Gasteiger partial charge in [-0.15, -0.1) is 0 Å². The maximum Gasteiger partial charge on any atom is 0.253 e. The fourth-order valence-corrected chi connectivity index (χ4v) is 3.67. The predicted molar refractivity (Wildman–Crippen MR) is 86.2 cm³/mol. The Morgan fingerprint density at radius 2 is 1.67 bits per heavy atom. The highest BCUT2D eigenvalue weighted by molar-refractivity contribution is 6.42. The standard InChI is InChI=1S/C16H20Cl2N2O/c17-14-6-5-12(11-15(14)18)16(21)20-9-7-19(8-10-20)13-3-1-2-4-13/h5-6,11,13H,1-4,7-10H2. The summed E-state index contributed by atoms with van der Waals surface area (Å²) in [6.45, 7) is 3.57. The molecule has 0 spiro atoms. The van der Waals surface area contributed by atoms with Gasteiger partial charge in [0.25, 0.3) is 5.91 Å². The van der Waals surface area contributed by atoms with Crippen LogP contribution in [0.1, 0.15) is 36.0 Å². The van der Waals surface area contributed by atoms with Gasteiger partial charge in [-0.1, -0.05) is 36.0 Å². The molecule has 1 aromatic carbocycles. The number of hydrogen-bond acceptors (Lipinski definition) is 2. The molecule has 1 aromatic rings. The molecule has 2 aliphatic rings. The van der Waals surface area contributed by atoms with Crippen molar-refractivity contribution >= 4 is 29.1 Å². The molecule has 1 saturated carbocycles. The molecule has 1 aliphatic heterocycles. The van der Waals surface area contributed by atoms with Gasteiger partial charge in [-0.2, -0.15) is 0 Å². The van der Waals surface area contributed by atoms with Gasteiger partial charge in [0, 0.05) is 37.8 Å². The third-order valence-electron chi connectivity index (χ3n) is 4.61. The highest BCUT2D eigenvalue weighted by Gasteiger charge is 2.28. The molecular formula is C16H20Cl2N2O. The van der Waals surface area contributed by atoms with Gasteiger partial charge in [0.05, 0.1) is 10.0 Å². The molecule has 1 heterocycles. The minimum atomic E-state index is 0.0552. The monoisotopic (exact) mass is 326 g/mol. The van der Waals surface area contributed by atoms with Crippen molar-refractivity contribution in [1.29, 1.82) is 0 Å². The highest BCUT2D eigenvalue weighted by atomic mass is 35.5. The minimum Gasteiger partial charge on any atom is -0.336 e. The topological polar surface area (TPSA) is 23.6 Å². The van der Waals surface area contributed by atoms with Gasteiger partial charge in [0.1, 0.15) is 0 Å². The zero-order chi connectivity index (χ0) is 14.8. The van der Waals surface area contributed by atoms with E-state index in [1.165, 1.54) is 25.7 Å². The molecule has 0 N–H and O–H groups in total. The molecule has 0 aromatic heterocycles. The van der Waals surface area contributed by atoms with E-state index in [1.807, 2.05) is 4.90 Å². The summed E-state index contributed by atoms with van der Waals surface area (Å²) in [6.07, 6.45) is 5.35. The molecule has 0 radical (unpaired) electrons. The molecule has 21 heavy (non-hydrogen) atoms. The maximum atomic E-state index is 12.5. The largest absolute Gasteiger partial charge is 0.336 e. The number of halogens is 2. The number of benzene rings is 1. The summed E-state index contributed by atoms with van der Waals surface area (Å²) in [6, 6.07) is 5.84. The molecule has 0 atom stereocenters. The number of nitrogens with zero attached hydrogens (tertiary/aromatic N) is 2. The summed E-state index contributed by atoms with van der Waals surface area (Å²) in [5.74, 6) is 0.0552. The van der Waals surface area contributed by atoms with E-state index in [-0.39, 0.29) is 5.91 Å². The Morgan fingerprint density at radius 3 is 2.29 bits per heavy atom. The molecule has 0 unspecified atom stereocenters. The SMILES string of the molecule is O=C(c1ccc(Cl)c(Cl)c1)N1CCN(C2CCCC2)CC1. The lowest BCUT2D eigenvalue weighted by atomic mass is 10.1. The number of amides is 1. The molecule has 5 heteroatoms. The van der Waals surface area contributed by atoms with E-state index in [1.54, 1.807) is 18.2 Å². The van der Waals surface area contributed by atoms with Crippen molar-refractivity contribution in [3.8, 4) is 0 Å². The van der Waals surface area contributed by atoms with Crippen LogP contribution in [0.15, 0.2) is 18.2 Å². The normalized spacial score (nSPS) is 21.0. The molecule has 1 aliphatic carbocycles. The Labute approximate surface area is 135 Å². The van der Waals surface area contributed by atoms with Crippen LogP contribution in [0, 0.1) is 0 Å². The van der Waals surface area contributed by atoms with Gasteiger partial charge in [0.15, 0.2) is 0 Å². The van der Waals surface area contributed by atoms with Crippen molar-refractivity contribution in [3.05, 3.63) is 33.8 Å². The highest BCUT2D eigenvalue weighted by Crippen LogP contribution is 2.26. The Bertz CT molecular complexity index is 521. The quantitative estimate of drug-likeness (QED) is 0.827. The van der Waals surface area contributed by atoms with Crippen molar-refractivity contribution in [1.82, 2.24) is 9.80 Å². The second kappa shape index (κ2) is 6.55. The summed E-state index contributed by atoms with van der Waals surface area (Å²) in [5.41, 5.74) is 0.624. The second-order valence-electron chi connectivity index (χ2n) is 5.90.